The molecule has 1 aromatic carbocycles. The van der Waals surface area contributed by atoms with Crippen LogP contribution in [0.15, 0.2) is 24.3 Å². The van der Waals surface area contributed by atoms with Gasteiger partial charge in [-0.1, -0.05) is 12.1 Å². The first kappa shape index (κ1) is 24.8. The summed E-state index contributed by atoms with van der Waals surface area (Å²) in [4.78, 5) is 21.3. The van der Waals surface area contributed by atoms with Crippen LogP contribution in [0.1, 0.15) is 18.4 Å². The first-order valence-electron chi connectivity index (χ1n) is 8.86. The smallest absolute Gasteiger partial charge is 0.290 e. The third kappa shape index (κ3) is 12.8. The Balaban J connectivity index is 0.000000997. The van der Waals surface area contributed by atoms with Crippen molar-refractivity contribution in [3.05, 3.63) is 29.8 Å². The largest absolute Gasteiger partial charge is 0.494 e. The van der Waals surface area contributed by atoms with Crippen molar-refractivity contribution in [2.24, 2.45) is 5.92 Å². The molecule has 0 saturated carbocycles. The fourth-order valence-electron chi connectivity index (χ4n) is 2.73. The van der Waals surface area contributed by atoms with E-state index in [9.17, 15) is 5.11 Å². The molecule has 0 amide bonds. The minimum atomic E-state index is -0.250. The number of carbonyl (C=O) groups is 2. The summed E-state index contributed by atoms with van der Waals surface area (Å²) < 4.78 is 5.74. The highest BCUT2D eigenvalue weighted by atomic mass is 16.5. The van der Waals surface area contributed by atoms with E-state index in [4.69, 9.17) is 24.5 Å². The molecule has 0 bridgehead atoms. The summed E-state index contributed by atoms with van der Waals surface area (Å²) in [7, 11) is 4.16. The van der Waals surface area contributed by atoms with Gasteiger partial charge in [0.1, 0.15) is 5.75 Å². The first-order valence-corrected chi connectivity index (χ1v) is 8.86. The minimum Gasteiger partial charge on any atom is -0.494 e. The maximum atomic E-state index is 9.18. The van der Waals surface area contributed by atoms with Crippen LogP contribution >= 0.6 is 0 Å². The predicted molar refractivity (Wildman–Crippen MR) is 103 cm³/mol. The standard InChI is InChI=1S/C17H28N2O2.2CH2O2/c1-18(2)9-3-11-21-17-6-4-15(5-7-17)12-19-10-8-16(13-19)14-20;2*2-1-3/h4-7,16,20H,3,8-14H2,1-2H3;2*1H,(H,2,3). The number of benzene rings is 1. The lowest BCUT2D eigenvalue weighted by molar-refractivity contribution is -0.123. The van der Waals surface area contributed by atoms with Crippen LogP contribution in [-0.4, -0.2) is 85.0 Å². The van der Waals surface area contributed by atoms with Gasteiger partial charge in [0.2, 0.25) is 0 Å². The molecule has 0 aromatic heterocycles. The number of aliphatic hydroxyl groups is 1. The molecule has 1 aliphatic heterocycles. The van der Waals surface area contributed by atoms with Crippen LogP contribution in [0.25, 0.3) is 0 Å². The highest BCUT2D eigenvalue weighted by molar-refractivity contribution is 5.33. The molecule has 1 aliphatic rings. The van der Waals surface area contributed by atoms with E-state index in [0.717, 1.165) is 51.4 Å². The highest BCUT2D eigenvalue weighted by Crippen LogP contribution is 2.19. The second-order valence-electron chi connectivity index (χ2n) is 6.43. The van der Waals surface area contributed by atoms with Gasteiger partial charge < -0.3 is 25.0 Å². The molecule has 2 rings (SSSR count). The zero-order chi connectivity index (χ0) is 20.5. The van der Waals surface area contributed by atoms with Crippen molar-refractivity contribution in [1.29, 1.82) is 0 Å². The molecule has 1 fully saturated rings. The van der Waals surface area contributed by atoms with Crippen LogP contribution in [0.4, 0.5) is 0 Å². The van der Waals surface area contributed by atoms with E-state index in [1.807, 2.05) is 0 Å². The zero-order valence-corrected chi connectivity index (χ0v) is 16.2. The number of hydrogen-bond acceptors (Lipinski definition) is 6. The van der Waals surface area contributed by atoms with E-state index in [1.54, 1.807) is 0 Å². The van der Waals surface area contributed by atoms with Crippen molar-refractivity contribution >= 4 is 12.9 Å². The van der Waals surface area contributed by atoms with E-state index in [1.165, 1.54) is 5.56 Å². The lowest BCUT2D eigenvalue weighted by Gasteiger charge is -2.16. The van der Waals surface area contributed by atoms with Crippen molar-refractivity contribution in [1.82, 2.24) is 9.80 Å². The summed E-state index contributed by atoms with van der Waals surface area (Å²) in [5.74, 6) is 1.41. The number of hydrogen-bond donors (Lipinski definition) is 3. The third-order valence-electron chi connectivity index (χ3n) is 3.98. The molecule has 1 saturated heterocycles. The molecular weight excluding hydrogens is 352 g/mol. The molecule has 154 valence electrons. The Bertz CT molecular complexity index is 489. The van der Waals surface area contributed by atoms with Crippen LogP contribution in [-0.2, 0) is 16.1 Å². The molecule has 8 nitrogen and oxygen atoms in total. The van der Waals surface area contributed by atoms with Crippen LogP contribution in [0, 0.1) is 5.92 Å². The Hall–Kier alpha value is -2.16. The Morgan fingerprint density at radius 1 is 1.19 bits per heavy atom. The minimum absolute atomic E-state index is 0.250. The van der Waals surface area contributed by atoms with Gasteiger partial charge in [0.05, 0.1) is 6.61 Å². The fourth-order valence-corrected chi connectivity index (χ4v) is 2.73. The Morgan fingerprint density at radius 3 is 2.26 bits per heavy atom. The lowest BCUT2D eigenvalue weighted by atomic mass is 10.1. The average molecular weight is 384 g/mol. The van der Waals surface area contributed by atoms with Crippen LogP contribution in [0.5, 0.6) is 5.75 Å². The van der Waals surface area contributed by atoms with E-state index >= 15 is 0 Å². The zero-order valence-electron chi connectivity index (χ0n) is 16.2. The van der Waals surface area contributed by atoms with Gasteiger partial charge in [0.25, 0.3) is 12.9 Å². The van der Waals surface area contributed by atoms with Gasteiger partial charge in [-0.2, -0.15) is 0 Å². The van der Waals surface area contributed by atoms with Gasteiger partial charge in [-0.25, -0.2) is 0 Å². The van der Waals surface area contributed by atoms with E-state index in [2.05, 4.69) is 48.2 Å². The van der Waals surface area contributed by atoms with Crippen LogP contribution in [0.2, 0.25) is 0 Å². The molecule has 1 aromatic rings. The summed E-state index contributed by atoms with van der Waals surface area (Å²) in [5.41, 5.74) is 1.31. The number of nitrogens with zero attached hydrogens (tertiary/aromatic N) is 2. The summed E-state index contributed by atoms with van der Waals surface area (Å²) in [6, 6.07) is 8.41. The molecule has 3 N–H and O–H groups in total. The molecule has 1 atom stereocenters. The molecule has 1 heterocycles. The molecular formula is C19H32N2O6. The SMILES string of the molecule is CN(C)CCCOc1ccc(CN2CCC(CO)C2)cc1.O=CO.O=CO. The third-order valence-corrected chi connectivity index (χ3v) is 3.98. The van der Waals surface area contributed by atoms with Crippen LogP contribution < -0.4 is 4.74 Å². The number of ether oxygens (including phenoxy) is 1. The number of aliphatic hydroxyl groups excluding tert-OH is 1. The first-order chi connectivity index (χ1) is 13.0. The number of rotatable bonds is 8. The Morgan fingerprint density at radius 2 is 1.78 bits per heavy atom. The van der Waals surface area contributed by atoms with Crippen LogP contribution in [0.3, 0.4) is 0 Å². The van der Waals surface area contributed by atoms with Crippen molar-refractivity contribution in [3.63, 3.8) is 0 Å². The van der Waals surface area contributed by atoms with E-state index in [0.29, 0.717) is 12.5 Å². The monoisotopic (exact) mass is 384 g/mol. The van der Waals surface area contributed by atoms with Crippen molar-refractivity contribution in [2.75, 3.05) is 46.9 Å². The summed E-state index contributed by atoms with van der Waals surface area (Å²) >= 11 is 0. The van der Waals surface area contributed by atoms with Gasteiger partial charge in [0, 0.05) is 26.2 Å². The molecule has 0 aliphatic carbocycles. The van der Waals surface area contributed by atoms with E-state index < -0.39 is 0 Å². The van der Waals surface area contributed by atoms with Gasteiger partial charge in [-0.3, -0.25) is 14.5 Å². The Labute approximate surface area is 161 Å². The summed E-state index contributed by atoms with van der Waals surface area (Å²) in [6.45, 7) is 4.71. The Kier molecular flexibility index (Phi) is 14.8. The van der Waals surface area contributed by atoms with Crippen molar-refractivity contribution in [3.8, 4) is 5.75 Å². The molecule has 27 heavy (non-hydrogen) atoms. The highest BCUT2D eigenvalue weighted by Gasteiger charge is 2.21. The maximum absolute atomic E-state index is 9.18. The van der Waals surface area contributed by atoms with Crippen molar-refractivity contribution < 1.29 is 29.6 Å². The van der Waals surface area contributed by atoms with Gasteiger partial charge in [-0.05, 0) is 57.1 Å². The van der Waals surface area contributed by atoms with Gasteiger partial charge in [0.15, 0.2) is 0 Å². The molecule has 1 unspecified atom stereocenters. The topological polar surface area (TPSA) is 111 Å². The average Bonchev–Trinajstić information content (AvgIpc) is 3.09. The summed E-state index contributed by atoms with van der Waals surface area (Å²) in [5, 5.41) is 23.0. The van der Waals surface area contributed by atoms with Gasteiger partial charge in [-0.15, -0.1) is 0 Å². The van der Waals surface area contributed by atoms with Gasteiger partial charge >= 0.3 is 0 Å². The predicted octanol–water partition coefficient (Wildman–Crippen LogP) is 1.23. The number of carboxylic acid groups (broad SMARTS) is 2. The second kappa shape index (κ2) is 16.0. The van der Waals surface area contributed by atoms with Crippen molar-refractivity contribution in [2.45, 2.75) is 19.4 Å². The lowest BCUT2D eigenvalue weighted by Crippen LogP contribution is -2.20. The van der Waals surface area contributed by atoms with E-state index in [-0.39, 0.29) is 12.9 Å². The fraction of sp³-hybridized carbons (Fsp3) is 0.579. The molecule has 8 heteroatoms. The quantitative estimate of drug-likeness (QED) is 0.453. The second-order valence-corrected chi connectivity index (χ2v) is 6.43. The normalized spacial score (nSPS) is 15.9. The molecule has 0 spiro atoms. The number of likely N-dealkylation sites (tertiary alicyclic amines) is 1. The molecule has 0 radical (unpaired) electrons. The summed E-state index contributed by atoms with van der Waals surface area (Å²) in [6.07, 6.45) is 2.16. The maximum Gasteiger partial charge on any atom is 0.290 e.